The van der Waals surface area contributed by atoms with Gasteiger partial charge >= 0.3 is 0 Å². The van der Waals surface area contributed by atoms with Gasteiger partial charge in [-0.15, -0.1) is 0 Å². The zero-order valence-electron chi connectivity index (χ0n) is 14.0. The average molecular weight is 348 g/mol. The Morgan fingerprint density at radius 3 is 2.58 bits per heavy atom. The first kappa shape index (κ1) is 17.1. The first-order valence-electron chi connectivity index (χ1n) is 7.79. The van der Waals surface area contributed by atoms with Crippen molar-refractivity contribution in [3.63, 3.8) is 0 Å². The lowest BCUT2D eigenvalue weighted by Gasteiger charge is -2.10. The monoisotopic (exact) mass is 348 g/mol. The van der Waals surface area contributed by atoms with Crippen molar-refractivity contribution in [2.75, 3.05) is 17.7 Å². The third kappa shape index (κ3) is 4.02. The second kappa shape index (κ2) is 7.89. The first-order valence-corrected chi connectivity index (χ1v) is 7.79. The van der Waals surface area contributed by atoms with E-state index in [2.05, 4.69) is 20.6 Å². The number of nitrogens with zero attached hydrogens (tertiary/aromatic N) is 2. The zero-order chi connectivity index (χ0) is 18.4. The van der Waals surface area contributed by atoms with Crippen LogP contribution in [0.3, 0.4) is 0 Å². The summed E-state index contributed by atoms with van der Waals surface area (Å²) in [7, 11) is 1.50. The first-order chi connectivity index (χ1) is 12.7. The van der Waals surface area contributed by atoms with E-state index in [0.717, 1.165) is 0 Å². The molecule has 2 N–H and O–H groups in total. The quantitative estimate of drug-likeness (QED) is 0.739. The van der Waals surface area contributed by atoms with Crippen LogP contribution in [0.5, 0.6) is 5.75 Å². The van der Waals surface area contributed by atoms with Crippen molar-refractivity contribution >= 4 is 23.3 Å². The predicted octanol–water partition coefficient (Wildman–Crippen LogP) is 2.99. The molecule has 1 heterocycles. The van der Waals surface area contributed by atoms with Crippen molar-refractivity contribution in [1.82, 2.24) is 9.97 Å². The van der Waals surface area contributed by atoms with Gasteiger partial charge in [0.15, 0.2) is 5.82 Å². The highest BCUT2D eigenvalue weighted by molar-refractivity contribution is 6.08. The number of carbonyl (C=O) groups is 2. The molecule has 2 aromatic carbocycles. The molecule has 0 fully saturated rings. The van der Waals surface area contributed by atoms with Crippen LogP contribution in [0.1, 0.15) is 20.7 Å². The van der Waals surface area contributed by atoms with Crippen molar-refractivity contribution in [2.24, 2.45) is 0 Å². The summed E-state index contributed by atoms with van der Waals surface area (Å²) in [5.74, 6) is 0.148. The lowest BCUT2D eigenvalue weighted by molar-refractivity contribution is 0.101. The minimum Gasteiger partial charge on any atom is -0.496 e. The fraction of sp³-hybridized carbons (Fsp3) is 0.0526. The van der Waals surface area contributed by atoms with E-state index in [1.807, 2.05) is 0 Å². The zero-order valence-corrected chi connectivity index (χ0v) is 14.0. The Balaban J connectivity index is 1.75. The number of methoxy groups -OCH3 is 1. The van der Waals surface area contributed by atoms with Gasteiger partial charge in [0.25, 0.3) is 11.8 Å². The molecule has 0 unspecified atom stereocenters. The number of aromatic nitrogens is 2. The molecule has 0 aliphatic heterocycles. The molecule has 26 heavy (non-hydrogen) atoms. The number of hydrogen-bond donors (Lipinski definition) is 2. The molecular weight excluding hydrogens is 332 g/mol. The number of anilines is 2. The van der Waals surface area contributed by atoms with Crippen molar-refractivity contribution in [2.45, 2.75) is 0 Å². The summed E-state index contributed by atoms with van der Waals surface area (Å²) in [6.07, 6.45) is 4.45. The molecule has 7 nitrogen and oxygen atoms in total. The maximum absolute atomic E-state index is 12.5. The molecule has 1 aromatic heterocycles. The van der Waals surface area contributed by atoms with Gasteiger partial charge in [-0.3, -0.25) is 14.6 Å². The van der Waals surface area contributed by atoms with Crippen LogP contribution in [-0.2, 0) is 0 Å². The van der Waals surface area contributed by atoms with Gasteiger partial charge in [-0.05, 0) is 30.3 Å². The summed E-state index contributed by atoms with van der Waals surface area (Å²) < 4.78 is 5.19. The molecule has 0 aliphatic rings. The summed E-state index contributed by atoms with van der Waals surface area (Å²) in [6, 6.07) is 13.5. The van der Waals surface area contributed by atoms with Crippen LogP contribution in [0.25, 0.3) is 0 Å². The van der Waals surface area contributed by atoms with Crippen LogP contribution in [-0.4, -0.2) is 28.9 Å². The lowest BCUT2D eigenvalue weighted by Crippen LogP contribution is -2.15. The number of ether oxygens (including phenoxy) is 1. The summed E-state index contributed by atoms with van der Waals surface area (Å²) in [5, 5.41) is 5.41. The molecule has 3 aromatic rings. The van der Waals surface area contributed by atoms with Crippen LogP contribution in [0.2, 0.25) is 0 Å². The van der Waals surface area contributed by atoms with E-state index in [9.17, 15) is 9.59 Å². The second-order valence-corrected chi connectivity index (χ2v) is 5.28. The van der Waals surface area contributed by atoms with Crippen LogP contribution < -0.4 is 15.4 Å². The SMILES string of the molecule is COc1ccccc1C(=O)Nc1cccc(C(=O)Nc2cnccn2)c1. The molecule has 0 radical (unpaired) electrons. The number of para-hydroxylation sites is 1. The topological polar surface area (TPSA) is 93.2 Å². The highest BCUT2D eigenvalue weighted by Crippen LogP contribution is 2.20. The largest absolute Gasteiger partial charge is 0.496 e. The Hall–Kier alpha value is -3.74. The van der Waals surface area contributed by atoms with E-state index in [1.54, 1.807) is 48.5 Å². The standard InChI is InChI=1S/C19H16N4O3/c1-26-16-8-3-2-7-15(16)19(25)22-14-6-4-5-13(11-14)18(24)23-17-12-20-9-10-21-17/h2-12H,1H3,(H,22,25)(H,21,23,24). The number of carbonyl (C=O) groups excluding carboxylic acids is 2. The Morgan fingerprint density at radius 2 is 1.81 bits per heavy atom. The minimum absolute atomic E-state index is 0.325. The lowest BCUT2D eigenvalue weighted by atomic mass is 10.1. The molecule has 2 amide bonds. The molecule has 0 atom stereocenters. The summed E-state index contributed by atoms with van der Waals surface area (Å²) in [5.41, 5.74) is 1.28. The van der Waals surface area contributed by atoms with Gasteiger partial charge in [0.1, 0.15) is 5.75 Å². The molecule has 3 rings (SSSR count). The van der Waals surface area contributed by atoms with E-state index in [1.165, 1.54) is 25.7 Å². The van der Waals surface area contributed by atoms with Gasteiger partial charge in [0.2, 0.25) is 0 Å². The minimum atomic E-state index is -0.348. The van der Waals surface area contributed by atoms with Crippen molar-refractivity contribution in [3.8, 4) is 5.75 Å². The molecule has 0 bridgehead atoms. The van der Waals surface area contributed by atoms with E-state index >= 15 is 0 Å². The number of rotatable bonds is 5. The van der Waals surface area contributed by atoms with Gasteiger partial charge < -0.3 is 15.4 Å². The maximum atomic E-state index is 12.5. The van der Waals surface area contributed by atoms with Gasteiger partial charge in [-0.25, -0.2) is 4.98 Å². The molecule has 130 valence electrons. The van der Waals surface area contributed by atoms with Crippen molar-refractivity contribution < 1.29 is 14.3 Å². The van der Waals surface area contributed by atoms with Crippen LogP contribution in [0.4, 0.5) is 11.5 Å². The molecule has 0 saturated carbocycles. The Labute approximate surface area is 150 Å². The van der Waals surface area contributed by atoms with Crippen molar-refractivity contribution in [1.29, 1.82) is 0 Å². The molecule has 0 saturated heterocycles. The van der Waals surface area contributed by atoms with E-state index in [4.69, 9.17) is 4.74 Å². The summed E-state index contributed by atoms with van der Waals surface area (Å²) >= 11 is 0. The number of amides is 2. The maximum Gasteiger partial charge on any atom is 0.259 e. The number of hydrogen-bond acceptors (Lipinski definition) is 5. The molecule has 0 aliphatic carbocycles. The smallest absolute Gasteiger partial charge is 0.259 e. The third-order valence-electron chi connectivity index (χ3n) is 3.54. The normalized spacial score (nSPS) is 10.0. The summed E-state index contributed by atoms with van der Waals surface area (Å²) in [4.78, 5) is 32.7. The highest BCUT2D eigenvalue weighted by atomic mass is 16.5. The molecular formula is C19H16N4O3. The predicted molar refractivity (Wildman–Crippen MR) is 97.4 cm³/mol. The highest BCUT2D eigenvalue weighted by Gasteiger charge is 2.13. The second-order valence-electron chi connectivity index (χ2n) is 5.28. The van der Waals surface area contributed by atoms with Gasteiger partial charge in [-0.1, -0.05) is 18.2 Å². The third-order valence-corrected chi connectivity index (χ3v) is 3.54. The fourth-order valence-electron chi connectivity index (χ4n) is 2.32. The number of benzene rings is 2. The average Bonchev–Trinajstić information content (AvgIpc) is 2.69. The number of nitrogens with one attached hydrogen (secondary N) is 2. The fourth-order valence-corrected chi connectivity index (χ4v) is 2.32. The van der Waals surface area contributed by atoms with Crippen LogP contribution in [0, 0.1) is 0 Å². The van der Waals surface area contributed by atoms with Gasteiger partial charge in [-0.2, -0.15) is 0 Å². The van der Waals surface area contributed by atoms with E-state index < -0.39 is 0 Å². The Bertz CT molecular complexity index is 929. The van der Waals surface area contributed by atoms with Crippen LogP contribution in [0.15, 0.2) is 67.1 Å². The van der Waals surface area contributed by atoms with E-state index in [0.29, 0.717) is 28.4 Å². The Morgan fingerprint density at radius 1 is 0.962 bits per heavy atom. The summed E-state index contributed by atoms with van der Waals surface area (Å²) in [6.45, 7) is 0. The molecule has 0 spiro atoms. The van der Waals surface area contributed by atoms with Crippen LogP contribution >= 0.6 is 0 Å². The van der Waals surface area contributed by atoms with E-state index in [-0.39, 0.29) is 11.8 Å². The van der Waals surface area contributed by atoms with Gasteiger partial charge in [0.05, 0.1) is 18.9 Å². The Kier molecular flexibility index (Phi) is 5.19. The van der Waals surface area contributed by atoms with Crippen molar-refractivity contribution in [3.05, 3.63) is 78.2 Å². The molecule has 7 heteroatoms. The van der Waals surface area contributed by atoms with Gasteiger partial charge in [0, 0.05) is 23.6 Å².